The second-order valence-electron chi connectivity index (χ2n) is 6.71. The number of hydrogen-bond acceptors (Lipinski definition) is 4. The van der Waals surface area contributed by atoms with Crippen molar-refractivity contribution in [2.45, 2.75) is 58.3 Å². The number of amides is 1. The molecular weight excluding hydrogens is 292 g/mol. The molecule has 0 radical (unpaired) electrons. The number of benzene rings is 1. The van der Waals surface area contributed by atoms with Crippen molar-refractivity contribution in [2.24, 2.45) is 0 Å². The van der Waals surface area contributed by atoms with E-state index in [4.69, 9.17) is 4.74 Å². The Bertz CT molecular complexity index is 457. The first-order chi connectivity index (χ1) is 10.8. The number of alkyl carbamates (subject to hydrolysis) is 1. The molecule has 0 aliphatic heterocycles. The largest absolute Gasteiger partial charge is 0.444 e. The van der Waals surface area contributed by atoms with E-state index in [9.17, 15) is 9.90 Å². The summed E-state index contributed by atoms with van der Waals surface area (Å²) in [6, 6.07) is 9.39. The summed E-state index contributed by atoms with van der Waals surface area (Å²) < 4.78 is 5.30. The second-order valence-corrected chi connectivity index (χ2v) is 6.71. The highest BCUT2D eigenvalue weighted by Crippen LogP contribution is 2.10. The molecule has 0 fully saturated rings. The lowest BCUT2D eigenvalue weighted by Crippen LogP contribution is -2.50. The predicted octanol–water partition coefficient (Wildman–Crippen LogP) is 2.48. The molecule has 0 heterocycles. The lowest BCUT2D eigenvalue weighted by Gasteiger charge is -2.27. The third kappa shape index (κ3) is 8.57. The average Bonchev–Trinajstić information content (AvgIpc) is 2.46. The SMILES string of the molecule is CCCNC[C@H](O)[C@H](Cc1ccccc1)NC(=O)OC(C)(C)C. The third-order valence-electron chi connectivity index (χ3n) is 3.25. The van der Waals surface area contributed by atoms with Crippen LogP contribution in [0.25, 0.3) is 0 Å². The van der Waals surface area contributed by atoms with Gasteiger partial charge in [-0.25, -0.2) is 4.79 Å². The first kappa shape index (κ1) is 19.5. The molecule has 0 unspecified atom stereocenters. The molecule has 5 nitrogen and oxygen atoms in total. The highest BCUT2D eigenvalue weighted by Gasteiger charge is 2.24. The van der Waals surface area contributed by atoms with Crippen LogP contribution < -0.4 is 10.6 Å². The maximum atomic E-state index is 12.0. The van der Waals surface area contributed by atoms with E-state index in [0.717, 1.165) is 18.5 Å². The van der Waals surface area contributed by atoms with Gasteiger partial charge in [0, 0.05) is 6.54 Å². The number of rotatable bonds is 8. The molecule has 23 heavy (non-hydrogen) atoms. The number of carbonyl (C=O) groups is 1. The molecule has 0 aliphatic rings. The summed E-state index contributed by atoms with van der Waals surface area (Å²) in [5.41, 5.74) is 0.496. The fourth-order valence-corrected chi connectivity index (χ4v) is 2.18. The van der Waals surface area contributed by atoms with Crippen LogP contribution in [0.3, 0.4) is 0 Å². The summed E-state index contributed by atoms with van der Waals surface area (Å²) in [5, 5.41) is 16.4. The van der Waals surface area contributed by atoms with Crippen LogP contribution >= 0.6 is 0 Å². The van der Waals surface area contributed by atoms with Crippen molar-refractivity contribution < 1.29 is 14.6 Å². The molecule has 1 rings (SSSR count). The average molecular weight is 322 g/mol. The van der Waals surface area contributed by atoms with Crippen LogP contribution in [0.15, 0.2) is 30.3 Å². The zero-order chi connectivity index (χ0) is 17.3. The van der Waals surface area contributed by atoms with Crippen LogP contribution in [-0.4, -0.2) is 42.0 Å². The molecule has 130 valence electrons. The van der Waals surface area contributed by atoms with Gasteiger partial charge in [-0.2, -0.15) is 0 Å². The topological polar surface area (TPSA) is 70.6 Å². The minimum atomic E-state index is -0.686. The summed E-state index contributed by atoms with van der Waals surface area (Å²) in [4.78, 5) is 12.0. The van der Waals surface area contributed by atoms with E-state index in [1.165, 1.54) is 0 Å². The van der Waals surface area contributed by atoms with Crippen molar-refractivity contribution in [2.75, 3.05) is 13.1 Å². The zero-order valence-corrected chi connectivity index (χ0v) is 14.6. The minimum absolute atomic E-state index is 0.406. The number of hydrogen-bond donors (Lipinski definition) is 3. The van der Waals surface area contributed by atoms with Gasteiger partial charge in [0.25, 0.3) is 0 Å². The fraction of sp³-hybridized carbons (Fsp3) is 0.611. The molecule has 1 amide bonds. The van der Waals surface area contributed by atoms with Gasteiger partial charge in [0.15, 0.2) is 0 Å². The van der Waals surface area contributed by atoms with E-state index < -0.39 is 23.8 Å². The van der Waals surface area contributed by atoms with Gasteiger partial charge in [-0.05, 0) is 45.7 Å². The summed E-state index contributed by atoms with van der Waals surface area (Å²) >= 11 is 0. The molecule has 0 spiro atoms. The Morgan fingerprint density at radius 1 is 1.26 bits per heavy atom. The lowest BCUT2D eigenvalue weighted by molar-refractivity contribution is 0.0423. The third-order valence-corrected chi connectivity index (χ3v) is 3.25. The normalized spacial score (nSPS) is 14.1. The monoisotopic (exact) mass is 322 g/mol. The van der Waals surface area contributed by atoms with Crippen LogP contribution in [0.5, 0.6) is 0 Å². The Balaban J connectivity index is 2.69. The van der Waals surface area contributed by atoms with Crippen molar-refractivity contribution in [1.82, 2.24) is 10.6 Å². The Hall–Kier alpha value is -1.59. The van der Waals surface area contributed by atoms with Crippen molar-refractivity contribution >= 4 is 6.09 Å². The molecule has 0 saturated heterocycles. The van der Waals surface area contributed by atoms with E-state index in [-0.39, 0.29) is 0 Å². The van der Waals surface area contributed by atoms with E-state index in [1.54, 1.807) is 0 Å². The number of nitrogens with one attached hydrogen (secondary N) is 2. The number of carbonyl (C=O) groups excluding carboxylic acids is 1. The predicted molar refractivity (Wildman–Crippen MR) is 92.5 cm³/mol. The summed E-state index contributed by atoms with van der Waals surface area (Å²) in [6.07, 6.45) is 0.354. The van der Waals surface area contributed by atoms with Crippen LogP contribution in [0.1, 0.15) is 39.7 Å². The van der Waals surface area contributed by atoms with Crippen molar-refractivity contribution in [1.29, 1.82) is 0 Å². The molecule has 0 bridgehead atoms. The number of ether oxygens (including phenoxy) is 1. The Morgan fingerprint density at radius 2 is 1.91 bits per heavy atom. The first-order valence-electron chi connectivity index (χ1n) is 8.24. The van der Waals surface area contributed by atoms with Crippen LogP contribution in [0, 0.1) is 0 Å². The lowest BCUT2D eigenvalue weighted by atomic mass is 10.0. The van der Waals surface area contributed by atoms with Gasteiger partial charge in [0.05, 0.1) is 12.1 Å². The maximum Gasteiger partial charge on any atom is 0.407 e. The molecule has 1 aromatic carbocycles. The molecule has 0 aromatic heterocycles. The smallest absolute Gasteiger partial charge is 0.407 e. The highest BCUT2D eigenvalue weighted by molar-refractivity contribution is 5.68. The van der Waals surface area contributed by atoms with E-state index in [1.807, 2.05) is 51.1 Å². The van der Waals surface area contributed by atoms with Gasteiger partial charge < -0.3 is 20.5 Å². The van der Waals surface area contributed by atoms with Crippen LogP contribution in [0.4, 0.5) is 4.79 Å². The molecule has 1 aromatic rings. The van der Waals surface area contributed by atoms with Crippen LogP contribution in [-0.2, 0) is 11.2 Å². The van der Waals surface area contributed by atoms with Gasteiger partial charge in [0.1, 0.15) is 5.60 Å². The standard InChI is InChI=1S/C18H30N2O3/c1-5-11-19-13-16(21)15(12-14-9-7-6-8-10-14)20-17(22)23-18(2,3)4/h6-10,15-16,19,21H,5,11-13H2,1-4H3,(H,20,22)/t15-,16-/m0/s1. The molecule has 5 heteroatoms. The van der Waals surface area contributed by atoms with E-state index in [2.05, 4.69) is 17.6 Å². The molecule has 3 N–H and O–H groups in total. The molecular formula is C18H30N2O3. The highest BCUT2D eigenvalue weighted by atomic mass is 16.6. The zero-order valence-electron chi connectivity index (χ0n) is 14.6. The molecule has 2 atom stereocenters. The number of aliphatic hydroxyl groups is 1. The van der Waals surface area contributed by atoms with Crippen LogP contribution in [0.2, 0.25) is 0 Å². The minimum Gasteiger partial charge on any atom is -0.444 e. The summed E-state index contributed by atoms with van der Waals surface area (Å²) in [6.45, 7) is 8.79. The fourth-order valence-electron chi connectivity index (χ4n) is 2.18. The Morgan fingerprint density at radius 3 is 2.48 bits per heavy atom. The van der Waals surface area contributed by atoms with Gasteiger partial charge in [-0.3, -0.25) is 0 Å². The Kier molecular flexibility index (Phi) is 8.06. The van der Waals surface area contributed by atoms with E-state index >= 15 is 0 Å². The molecule has 0 saturated carbocycles. The van der Waals surface area contributed by atoms with Gasteiger partial charge in [0.2, 0.25) is 0 Å². The maximum absolute atomic E-state index is 12.0. The first-order valence-corrected chi connectivity index (χ1v) is 8.24. The summed E-state index contributed by atoms with van der Waals surface area (Å²) in [7, 11) is 0. The second kappa shape index (κ2) is 9.53. The van der Waals surface area contributed by atoms with Crippen molar-refractivity contribution in [3.05, 3.63) is 35.9 Å². The summed E-state index contributed by atoms with van der Waals surface area (Å²) in [5.74, 6) is 0. The quantitative estimate of drug-likeness (QED) is 0.643. The number of aliphatic hydroxyl groups excluding tert-OH is 1. The van der Waals surface area contributed by atoms with Crippen molar-refractivity contribution in [3.8, 4) is 0 Å². The van der Waals surface area contributed by atoms with Crippen molar-refractivity contribution in [3.63, 3.8) is 0 Å². The Labute approximate surface area is 139 Å². The van der Waals surface area contributed by atoms with Gasteiger partial charge in [-0.15, -0.1) is 0 Å². The van der Waals surface area contributed by atoms with E-state index in [0.29, 0.717) is 13.0 Å². The van der Waals surface area contributed by atoms with Gasteiger partial charge in [-0.1, -0.05) is 37.3 Å². The molecule has 0 aliphatic carbocycles. The van der Waals surface area contributed by atoms with Gasteiger partial charge >= 0.3 is 6.09 Å².